The van der Waals surface area contributed by atoms with E-state index in [2.05, 4.69) is 36.5 Å². The second-order valence-electron chi connectivity index (χ2n) is 6.58. The van der Waals surface area contributed by atoms with Crippen LogP contribution in [0.2, 0.25) is 0 Å². The topological polar surface area (TPSA) is 45.2 Å². The number of aromatic nitrogens is 1. The standard InChI is InChI=1S/C19H26N2OS/c1-14-7-8-17-18(11-14)23-19(21-17)13-20-12-16(9-10-22)15-5-3-2-4-6-15/h2-6,14,16,20,22H,7-13H2,1H3. The Bertz CT molecular complexity index is 611. The number of thiazole rings is 1. The van der Waals surface area contributed by atoms with Gasteiger partial charge in [-0.1, -0.05) is 37.3 Å². The number of benzene rings is 1. The highest BCUT2D eigenvalue weighted by atomic mass is 32.1. The van der Waals surface area contributed by atoms with Gasteiger partial charge in [0.2, 0.25) is 0 Å². The maximum atomic E-state index is 9.31. The summed E-state index contributed by atoms with van der Waals surface area (Å²) < 4.78 is 0. The van der Waals surface area contributed by atoms with E-state index in [1.165, 1.54) is 34.0 Å². The van der Waals surface area contributed by atoms with Gasteiger partial charge in [0, 0.05) is 24.6 Å². The summed E-state index contributed by atoms with van der Waals surface area (Å²) in [6, 6.07) is 10.5. The molecule has 0 bridgehead atoms. The van der Waals surface area contributed by atoms with E-state index in [9.17, 15) is 5.11 Å². The smallest absolute Gasteiger partial charge is 0.107 e. The van der Waals surface area contributed by atoms with Crippen molar-refractivity contribution in [2.75, 3.05) is 13.2 Å². The molecule has 2 aromatic rings. The van der Waals surface area contributed by atoms with E-state index in [1.807, 2.05) is 17.4 Å². The molecule has 124 valence electrons. The number of fused-ring (bicyclic) bond motifs is 1. The van der Waals surface area contributed by atoms with Gasteiger partial charge in [0.15, 0.2) is 0 Å². The Morgan fingerprint density at radius 3 is 2.96 bits per heavy atom. The maximum absolute atomic E-state index is 9.31. The van der Waals surface area contributed by atoms with Gasteiger partial charge < -0.3 is 10.4 Å². The molecule has 0 radical (unpaired) electrons. The Hall–Kier alpha value is -1.23. The van der Waals surface area contributed by atoms with Crippen LogP contribution in [-0.2, 0) is 19.4 Å². The summed E-state index contributed by atoms with van der Waals surface area (Å²) in [4.78, 5) is 6.30. The van der Waals surface area contributed by atoms with Gasteiger partial charge in [0.25, 0.3) is 0 Å². The minimum Gasteiger partial charge on any atom is -0.396 e. The van der Waals surface area contributed by atoms with Gasteiger partial charge in [-0.3, -0.25) is 0 Å². The fraction of sp³-hybridized carbons (Fsp3) is 0.526. The SMILES string of the molecule is CC1CCc2nc(CNCC(CCO)c3ccccc3)sc2C1. The monoisotopic (exact) mass is 330 g/mol. The quantitative estimate of drug-likeness (QED) is 0.816. The number of aryl methyl sites for hydroxylation is 1. The molecule has 1 heterocycles. The van der Waals surface area contributed by atoms with Crippen molar-refractivity contribution in [3.63, 3.8) is 0 Å². The van der Waals surface area contributed by atoms with Crippen molar-refractivity contribution in [1.29, 1.82) is 0 Å². The molecule has 3 nitrogen and oxygen atoms in total. The minimum atomic E-state index is 0.227. The molecule has 2 atom stereocenters. The average Bonchev–Trinajstić information content (AvgIpc) is 2.96. The van der Waals surface area contributed by atoms with E-state index in [0.717, 1.165) is 31.8 Å². The van der Waals surface area contributed by atoms with Crippen molar-refractivity contribution in [1.82, 2.24) is 10.3 Å². The third kappa shape index (κ3) is 4.40. The zero-order valence-corrected chi connectivity index (χ0v) is 14.6. The zero-order chi connectivity index (χ0) is 16.1. The molecule has 0 amide bonds. The Morgan fingerprint density at radius 1 is 1.35 bits per heavy atom. The minimum absolute atomic E-state index is 0.227. The number of rotatable bonds is 7. The summed E-state index contributed by atoms with van der Waals surface area (Å²) in [7, 11) is 0. The molecule has 0 spiro atoms. The van der Waals surface area contributed by atoms with Crippen LogP contribution in [-0.4, -0.2) is 23.2 Å². The third-order valence-corrected chi connectivity index (χ3v) is 5.77. The fourth-order valence-corrected chi connectivity index (χ4v) is 4.54. The van der Waals surface area contributed by atoms with Crippen molar-refractivity contribution < 1.29 is 5.11 Å². The molecule has 0 saturated carbocycles. The molecule has 4 heteroatoms. The average molecular weight is 330 g/mol. The summed E-state index contributed by atoms with van der Waals surface area (Å²) in [5, 5.41) is 14.1. The normalized spacial score (nSPS) is 18.6. The van der Waals surface area contributed by atoms with Crippen LogP contribution in [0, 0.1) is 5.92 Å². The first kappa shape index (κ1) is 16.6. The van der Waals surface area contributed by atoms with E-state index in [0.29, 0.717) is 5.92 Å². The molecule has 2 unspecified atom stereocenters. The number of hydrogen-bond donors (Lipinski definition) is 2. The molecule has 1 aromatic carbocycles. The first-order valence-electron chi connectivity index (χ1n) is 8.60. The lowest BCUT2D eigenvalue weighted by Crippen LogP contribution is -2.22. The van der Waals surface area contributed by atoms with Gasteiger partial charge in [0.1, 0.15) is 5.01 Å². The summed E-state index contributed by atoms with van der Waals surface area (Å²) in [5.41, 5.74) is 2.63. The van der Waals surface area contributed by atoms with E-state index in [4.69, 9.17) is 4.98 Å². The second-order valence-corrected chi connectivity index (χ2v) is 7.74. The molecular formula is C19H26N2OS. The Kier molecular flexibility index (Phi) is 5.81. The van der Waals surface area contributed by atoms with Gasteiger partial charge in [-0.05, 0) is 43.1 Å². The lowest BCUT2D eigenvalue weighted by molar-refractivity contribution is 0.273. The first-order valence-corrected chi connectivity index (χ1v) is 9.42. The molecule has 0 aliphatic heterocycles. The van der Waals surface area contributed by atoms with Crippen LogP contribution in [0.4, 0.5) is 0 Å². The zero-order valence-electron chi connectivity index (χ0n) is 13.8. The fourth-order valence-electron chi connectivity index (χ4n) is 3.29. The highest BCUT2D eigenvalue weighted by molar-refractivity contribution is 7.11. The van der Waals surface area contributed by atoms with E-state index in [-0.39, 0.29) is 6.61 Å². The Labute approximate surface area is 142 Å². The van der Waals surface area contributed by atoms with Gasteiger partial charge in [-0.15, -0.1) is 11.3 Å². The largest absolute Gasteiger partial charge is 0.396 e. The summed E-state index contributed by atoms with van der Waals surface area (Å²) >= 11 is 1.88. The molecule has 0 saturated heterocycles. The summed E-state index contributed by atoms with van der Waals surface area (Å²) in [6.45, 7) is 4.27. The van der Waals surface area contributed by atoms with Crippen molar-refractivity contribution in [3.05, 3.63) is 51.5 Å². The third-order valence-electron chi connectivity index (χ3n) is 4.65. The highest BCUT2D eigenvalue weighted by Crippen LogP contribution is 2.29. The van der Waals surface area contributed by atoms with Crippen LogP contribution in [0.3, 0.4) is 0 Å². The van der Waals surface area contributed by atoms with Crippen LogP contribution in [0.5, 0.6) is 0 Å². The van der Waals surface area contributed by atoms with E-state index >= 15 is 0 Å². The molecule has 1 aliphatic carbocycles. The van der Waals surface area contributed by atoms with Gasteiger partial charge in [-0.25, -0.2) is 4.98 Å². The number of nitrogens with zero attached hydrogens (tertiary/aromatic N) is 1. The number of hydrogen-bond acceptors (Lipinski definition) is 4. The van der Waals surface area contributed by atoms with E-state index < -0.39 is 0 Å². The predicted octanol–water partition coefficient (Wildman–Crippen LogP) is 3.52. The second kappa shape index (κ2) is 8.04. The van der Waals surface area contributed by atoms with Crippen LogP contribution < -0.4 is 5.32 Å². The predicted molar refractivity (Wildman–Crippen MR) is 95.9 cm³/mol. The lowest BCUT2D eigenvalue weighted by Gasteiger charge is -2.16. The van der Waals surface area contributed by atoms with Crippen LogP contribution in [0.1, 0.15) is 46.8 Å². The van der Waals surface area contributed by atoms with Gasteiger partial charge in [0.05, 0.1) is 5.69 Å². The number of aliphatic hydroxyl groups is 1. The van der Waals surface area contributed by atoms with Crippen LogP contribution >= 0.6 is 11.3 Å². The molecule has 0 fully saturated rings. The number of aliphatic hydroxyl groups excluding tert-OH is 1. The van der Waals surface area contributed by atoms with Crippen molar-refractivity contribution in [2.24, 2.45) is 5.92 Å². The summed E-state index contributed by atoms with van der Waals surface area (Å²) in [5.74, 6) is 1.16. The Morgan fingerprint density at radius 2 is 2.17 bits per heavy atom. The molecule has 2 N–H and O–H groups in total. The van der Waals surface area contributed by atoms with E-state index in [1.54, 1.807) is 0 Å². The summed E-state index contributed by atoms with van der Waals surface area (Å²) in [6.07, 6.45) is 4.41. The van der Waals surface area contributed by atoms with Crippen LogP contribution in [0.25, 0.3) is 0 Å². The van der Waals surface area contributed by atoms with Crippen molar-refractivity contribution >= 4 is 11.3 Å². The maximum Gasteiger partial charge on any atom is 0.107 e. The molecule has 23 heavy (non-hydrogen) atoms. The molecule has 3 rings (SSSR count). The molecular weight excluding hydrogens is 304 g/mol. The molecule has 1 aromatic heterocycles. The van der Waals surface area contributed by atoms with Gasteiger partial charge >= 0.3 is 0 Å². The highest BCUT2D eigenvalue weighted by Gasteiger charge is 2.19. The number of nitrogens with one attached hydrogen (secondary N) is 1. The molecule has 1 aliphatic rings. The van der Waals surface area contributed by atoms with Crippen molar-refractivity contribution in [2.45, 2.75) is 45.1 Å². The Balaban J connectivity index is 1.55. The first-order chi connectivity index (χ1) is 11.3. The van der Waals surface area contributed by atoms with Crippen molar-refractivity contribution in [3.8, 4) is 0 Å². The van der Waals surface area contributed by atoms with Crippen LogP contribution in [0.15, 0.2) is 30.3 Å². The van der Waals surface area contributed by atoms with Gasteiger partial charge in [-0.2, -0.15) is 0 Å². The lowest BCUT2D eigenvalue weighted by atomic mass is 9.93.